The molecule has 0 bridgehead atoms. The van der Waals surface area contributed by atoms with Crippen LogP contribution < -0.4 is 0 Å². The predicted octanol–water partition coefficient (Wildman–Crippen LogP) is 9.05. The number of hydrogen-bond acceptors (Lipinski definition) is 1. The second kappa shape index (κ2) is 22.7. The molecule has 0 aliphatic rings. The molecule has 166 valence electrons. The zero-order valence-corrected chi connectivity index (χ0v) is 19.2. The van der Waals surface area contributed by atoms with Gasteiger partial charge in [-0.15, -0.1) is 0 Å². The molecule has 0 atom stereocenters. The molecule has 29 heavy (non-hydrogen) atoms. The van der Waals surface area contributed by atoms with Crippen LogP contribution >= 0.6 is 0 Å². The van der Waals surface area contributed by atoms with Gasteiger partial charge in [0.2, 0.25) is 0 Å². The van der Waals surface area contributed by atoms with E-state index in [4.69, 9.17) is 5.11 Å². The Balaban J connectivity index is 0.000000604. The lowest BCUT2D eigenvalue weighted by atomic mass is 10.0. The number of benzene rings is 1. The average Bonchev–Trinajstić information content (AvgIpc) is 2.74. The van der Waals surface area contributed by atoms with Gasteiger partial charge >= 0.3 is 5.97 Å². The summed E-state index contributed by atoms with van der Waals surface area (Å²) < 4.78 is 0. The van der Waals surface area contributed by atoms with E-state index < -0.39 is 5.97 Å². The highest BCUT2D eigenvalue weighted by molar-refractivity contribution is 5.85. The molecule has 1 rings (SSSR count). The number of hydrogen-bond donors (Lipinski definition) is 1. The molecule has 0 spiro atoms. The van der Waals surface area contributed by atoms with Crippen molar-refractivity contribution in [1.82, 2.24) is 0 Å². The zero-order chi connectivity index (χ0) is 21.4. The number of carboxylic acids is 1. The average molecular weight is 403 g/mol. The minimum atomic E-state index is -0.922. The van der Waals surface area contributed by atoms with Crippen LogP contribution in [0.15, 0.2) is 36.4 Å². The third-order valence-corrected chi connectivity index (χ3v) is 5.18. The molecular weight excluding hydrogens is 356 g/mol. The van der Waals surface area contributed by atoms with Crippen LogP contribution in [0.2, 0.25) is 0 Å². The third kappa shape index (κ3) is 22.6. The number of carboxylic acid groups (broad SMARTS) is 1. The molecule has 0 aliphatic carbocycles. The van der Waals surface area contributed by atoms with Gasteiger partial charge in [0.25, 0.3) is 0 Å². The molecule has 0 saturated heterocycles. The van der Waals surface area contributed by atoms with Crippen LogP contribution in [0.1, 0.15) is 122 Å². The van der Waals surface area contributed by atoms with E-state index in [1.54, 1.807) is 6.08 Å². The standard InChI is InChI=1S/C18H38.C9H8O2/c1-3-5-7-9-11-13-15-17-18-16-14-12-10-8-6-4-2;10-9(11)7-6-8-4-2-1-3-5-8/h3-18H2,1-2H3;1-7H,(H,10,11). The molecule has 2 heteroatoms. The molecule has 0 fully saturated rings. The summed E-state index contributed by atoms with van der Waals surface area (Å²) in [7, 11) is 0. The minimum Gasteiger partial charge on any atom is -0.478 e. The van der Waals surface area contributed by atoms with E-state index in [2.05, 4.69) is 13.8 Å². The van der Waals surface area contributed by atoms with Crippen molar-refractivity contribution >= 4 is 12.0 Å². The molecule has 1 aromatic carbocycles. The van der Waals surface area contributed by atoms with Crippen molar-refractivity contribution in [3.05, 3.63) is 42.0 Å². The Hall–Kier alpha value is -1.57. The quantitative estimate of drug-likeness (QED) is 0.208. The topological polar surface area (TPSA) is 37.3 Å². The maximum absolute atomic E-state index is 10.1. The summed E-state index contributed by atoms with van der Waals surface area (Å²) in [6, 6.07) is 9.31. The van der Waals surface area contributed by atoms with Crippen molar-refractivity contribution in [3.8, 4) is 0 Å². The lowest BCUT2D eigenvalue weighted by Gasteiger charge is -2.03. The normalized spacial score (nSPS) is 10.7. The van der Waals surface area contributed by atoms with Crippen LogP contribution in [0.25, 0.3) is 6.08 Å². The van der Waals surface area contributed by atoms with E-state index in [9.17, 15) is 4.79 Å². The number of carbonyl (C=O) groups is 1. The first kappa shape index (κ1) is 27.4. The second-order valence-corrected chi connectivity index (χ2v) is 8.03. The van der Waals surface area contributed by atoms with Crippen molar-refractivity contribution in [3.63, 3.8) is 0 Å². The van der Waals surface area contributed by atoms with Gasteiger partial charge < -0.3 is 5.11 Å². The molecule has 0 heterocycles. The molecule has 0 unspecified atom stereocenters. The summed E-state index contributed by atoms with van der Waals surface area (Å²) >= 11 is 0. The van der Waals surface area contributed by atoms with E-state index in [0.29, 0.717) is 0 Å². The van der Waals surface area contributed by atoms with Crippen LogP contribution in [0.3, 0.4) is 0 Å². The predicted molar refractivity (Wildman–Crippen MR) is 128 cm³/mol. The maximum Gasteiger partial charge on any atom is 0.328 e. The van der Waals surface area contributed by atoms with Gasteiger partial charge in [-0.3, -0.25) is 0 Å². The Morgan fingerprint density at radius 3 is 1.31 bits per heavy atom. The Labute approximate surface area is 180 Å². The molecule has 0 aromatic heterocycles. The summed E-state index contributed by atoms with van der Waals surface area (Å²) in [5.74, 6) is -0.922. The summed E-state index contributed by atoms with van der Waals surface area (Å²) in [6.07, 6.45) is 26.1. The van der Waals surface area contributed by atoms with Gasteiger partial charge in [0, 0.05) is 6.08 Å². The molecule has 2 nitrogen and oxygen atoms in total. The highest BCUT2D eigenvalue weighted by atomic mass is 16.4. The van der Waals surface area contributed by atoms with E-state index in [1.807, 2.05) is 30.3 Å². The summed E-state index contributed by atoms with van der Waals surface area (Å²) in [6.45, 7) is 4.59. The molecule has 1 N–H and O–H groups in total. The van der Waals surface area contributed by atoms with Gasteiger partial charge in [0.1, 0.15) is 0 Å². The fourth-order valence-electron chi connectivity index (χ4n) is 3.35. The lowest BCUT2D eigenvalue weighted by Crippen LogP contribution is -1.85. The second-order valence-electron chi connectivity index (χ2n) is 8.03. The molecule has 1 aromatic rings. The van der Waals surface area contributed by atoms with Gasteiger partial charge in [0.15, 0.2) is 0 Å². The maximum atomic E-state index is 10.1. The third-order valence-electron chi connectivity index (χ3n) is 5.18. The van der Waals surface area contributed by atoms with Gasteiger partial charge in [-0.1, -0.05) is 147 Å². The van der Waals surface area contributed by atoms with Gasteiger partial charge in [-0.05, 0) is 11.6 Å². The molecule has 0 radical (unpaired) electrons. The van der Waals surface area contributed by atoms with Crippen molar-refractivity contribution in [2.45, 2.75) is 117 Å². The molecule has 0 aliphatic heterocycles. The fraction of sp³-hybridized carbons (Fsp3) is 0.667. The first-order chi connectivity index (χ1) is 14.2. The number of aliphatic carboxylic acids is 1. The van der Waals surface area contributed by atoms with Crippen LogP contribution in [0.4, 0.5) is 0 Å². The lowest BCUT2D eigenvalue weighted by molar-refractivity contribution is -0.131. The fourth-order valence-corrected chi connectivity index (χ4v) is 3.35. The van der Waals surface area contributed by atoms with Crippen LogP contribution in [-0.2, 0) is 4.79 Å². The highest BCUT2D eigenvalue weighted by Crippen LogP contribution is 2.13. The molecule has 0 saturated carbocycles. The van der Waals surface area contributed by atoms with Crippen LogP contribution in [0, 0.1) is 0 Å². The highest BCUT2D eigenvalue weighted by Gasteiger charge is 1.93. The monoisotopic (exact) mass is 402 g/mol. The van der Waals surface area contributed by atoms with Gasteiger partial charge in [-0.2, -0.15) is 0 Å². The zero-order valence-electron chi connectivity index (χ0n) is 19.2. The summed E-state index contributed by atoms with van der Waals surface area (Å²) in [4.78, 5) is 10.1. The largest absolute Gasteiger partial charge is 0.478 e. The van der Waals surface area contributed by atoms with Crippen LogP contribution in [-0.4, -0.2) is 11.1 Å². The van der Waals surface area contributed by atoms with Gasteiger partial charge in [-0.25, -0.2) is 4.79 Å². The van der Waals surface area contributed by atoms with E-state index in [-0.39, 0.29) is 0 Å². The van der Waals surface area contributed by atoms with E-state index in [0.717, 1.165) is 11.6 Å². The Morgan fingerprint density at radius 1 is 0.655 bits per heavy atom. The van der Waals surface area contributed by atoms with Gasteiger partial charge in [0.05, 0.1) is 0 Å². The first-order valence-corrected chi connectivity index (χ1v) is 12.2. The van der Waals surface area contributed by atoms with Crippen molar-refractivity contribution in [1.29, 1.82) is 0 Å². The van der Waals surface area contributed by atoms with Crippen molar-refractivity contribution < 1.29 is 9.90 Å². The van der Waals surface area contributed by atoms with E-state index in [1.165, 1.54) is 103 Å². The minimum absolute atomic E-state index is 0.898. The van der Waals surface area contributed by atoms with E-state index >= 15 is 0 Å². The van der Waals surface area contributed by atoms with Crippen molar-refractivity contribution in [2.75, 3.05) is 0 Å². The molecular formula is C27H46O2. The Kier molecular flexibility index (Phi) is 21.5. The smallest absolute Gasteiger partial charge is 0.328 e. The van der Waals surface area contributed by atoms with Crippen LogP contribution in [0.5, 0.6) is 0 Å². The summed E-state index contributed by atoms with van der Waals surface area (Å²) in [5, 5.41) is 8.29. The van der Waals surface area contributed by atoms with Crippen molar-refractivity contribution in [2.24, 2.45) is 0 Å². The molecule has 0 amide bonds. The summed E-state index contributed by atoms with van der Waals surface area (Å²) in [5.41, 5.74) is 0.898. The Bertz CT molecular complexity index is 463. The Morgan fingerprint density at radius 2 is 1.00 bits per heavy atom. The first-order valence-electron chi connectivity index (χ1n) is 12.2. The number of unbranched alkanes of at least 4 members (excludes halogenated alkanes) is 15. The number of rotatable bonds is 17. The SMILES string of the molecule is CCCCCCCCCCCCCCCCCC.O=C(O)C=Cc1ccccc1.